The third kappa shape index (κ3) is 3.23. The average molecular weight is 475 g/mol. The highest BCUT2D eigenvalue weighted by molar-refractivity contribution is 9.10. The number of morpholine rings is 1. The molecule has 2 saturated heterocycles. The van der Waals surface area contributed by atoms with Crippen LogP contribution in [-0.2, 0) is 4.74 Å². The third-order valence-electron chi connectivity index (χ3n) is 6.01. The molecule has 2 N–H and O–H groups in total. The van der Waals surface area contributed by atoms with Crippen LogP contribution in [0.1, 0.15) is 6.42 Å². The molecule has 4 aromatic rings. The number of rotatable bonds is 3. The maximum Gasteiger partial charge on any atom is 0.165 e. The summed E-state index contributed by atoms with van der Waals surface area (Å²) in [5.41, 5.74) is 10.5. The normalized spacial score (nSPS) is 20.0. The summed E-state index contributed by atoms with van der Waals surface area (Å²) in [5.74, 6) is 1.40. The van der Waals surface area contributed by atoms with Crippen LogP contribution in [0.5, 0.6) is 0 Å². The summed E-state index contributed by atoms with van der Waals surface area (Å²) in [5, 5.41) is 0.752. The predicted octanol–water partition coefficient (Wildman–Crippen LogP) is 4.08. The second kappa shape index (κ2) is 7.25. The van der Waals surface area contributed by atoms with E-state index in [1.807, 2.05) is 30.5 Å². The van der Waals surface area contributed by atoms with E-state index in [1.165, 1.54) is 6.33 Å². The first kappa shape index (κ1) is 18.7. The van der Waals surface area contributed by atoms with E-state index in [0.717, 1.165) is 57.6 Å². The Hall–Kier alpha value is -3.10. The van der Waals surface area contributed by atoms with E-state index in [9.17, 15) is 0 Å². The smallest absolute Gasteiger partial charge is 0.165 e. The molecular weight excluding hydrogens is 456 g/mol. The summed E-state index contributed by atoms with van der Waals surface area (Å²) >= 11 is 3.56. The fourth-order valence-corrected chi connectivity index (χ4v) is 4.91. The first-order chi connectivity index (χ1) is 15.2. The molecule has 3 aromatic heterocycles. The van der Waals surface area contributed by atoms with Crippen molar-refractivity contribution in [3.63, 3.8) is 0 Å². The molecule has 0 radical (unpaired) electrons. The number of aromatic nitrogens is 4. The number of pyridine rings is 2. The summed E-state index contributed by atoms with van der Waals surface area (Å²) in [4.78, 5) is 20.4. The van der Waals surface area contributed by atoms with Gasteiger partial charge in [-0.25, -0.2) is 19.9 Å². The van der Waals surface area contributed by atoms with Gasteiger partial charge in [0.1, 0.15) is 18.0 Å². The van der Waals surface area contributed by atoms with Gasteiger partial charge in [-0.1, -0.05) is 28.1 Å². The molecule has 1 aromatic carbocycles. The monoisotopic (exact) mass is 474 g/mol. The summed E-state index contributed by atoms with van der Waals surface area (Å²) in [6.07, 6.45) is 4.76. The SMILES string of the molecule is Nc1ncnc2nc(-c3ccc(N4CC5CC4CO5)nc3)cc(-c3cccc(Br)c3)c12. The van der Waals surface area contributed by atoms with Gasteiger partial charge in [0.05, 0.1) is 29.8 Å². The van der Waals surface area contributed by atoms with Crippen LogP contribution in [0.4, 0.5) is 11.6 Å². The Bertz CT molecular complexity index is 1300. The zero-order chi connectivity index (χ0) is 20.9. The van der Waals surface area contributed by atoms with Gasteiger partial charge in [0.25, 0.3) is 0 Å². The summed E-state index contributed by atoms with van der Waals surface area (Å²) in [6.45, 7) is 1.70. The largest absolute Gasteiger partial charge is 0.383 e. The van der Waals surface area contributed by atoms with Crippen LogP contribution in [0.15, 0.2) is 59.5 Å². The Kier molecular flexibility index (Phi) is 4.36. The highest BCUT2D eigenvalue weighted by Gasteiger charge is 2.39. The number of nitrogens with zero attached hydrogens (tertiary/aromatic N) is 5. The number of nitrogen functional groups attached to an aromatic ring is 1. The van der Waals surface area contributed by atoms with Crippen LogP contribution in [0, 0.1) is 0 Å². The van der Waals surface area contributed by atoms with E-state index in [0.29, 0.717) is 23.6 Å². The number of hydrogen-bond acceptors (Lipinski definition) is 7. The van der Waals surface area contributed by atoms with Crippen molar-refractivity contribution in [2.24, 2.45) is 0 Å². The zero-order valence-electron chi connectivity index (χ0n) is 16.6. The van der Waals surface area contributed by atoms with E-state index in [2.05, 4.69) is 49.0 Å². The Morgan fingerprint density at radius 3 is 2.74 bits per heavy atom. The molecule has 154 valence electrons. The molecule has 0 aliphatic carbocycles. The van der Waals surface area contributed by atoms with Crippen molar-refractivity contribution < 1.29 is 4.74 Å². The van der Waals surface area contributed by atoms with E-state index >= 15 is 0 Å². The fraction of sp³-hybridized carbons (Fsp3) is 0.217. The molecule has 8 heteroatoms. The second-order valence-electron chi connectivity index (χ2n) is 7.93. The molecule has 5 heterocycles. The van der Waals surface area contributed by atoms with Crippen molar-refractivity contribution in [2.45, 2.75) is 18.6 Å². The summed E-state index contributed by atoms with van der Waals surface area (Å²) < 4.78 is 6.69. The molecule has 31 heavy (non-hydrogen) atoms. The number of nitrogens with two attached hydrogens (primary N) is 1. The molecule has 2 aliphatic heterocycles. The Labute approximate surface area is 187 Å². The van der Waals surface area contributed by atoms with E-state index in [-0.39, 0.29) is 0 Å². The van der Waals surface area contributed by atoms with Crippen LogP contribution in [0.25, 0.3) is 33.4 Å². The highest BCUT2D eigenvalue weighted by atomic mass is 79.9. The van der Waals surface area contributed by atoms with Crippen molar-refractivity contribution in [3.8, 4) is 22.4 Å². The molecule has 6 rings (SSSR count). The maximum absolute atomic E-state index is 6.21. The van der Waals surface area contributed by atoms with Crippen LogP contribution in [0.3, 0.4) is 0 Å². The minimum absolute atomic E-state index is 0.339. The topological polar surface area (TPSA) is 90.0 Å². The predicted molar refractivity (Wildman–Crippen MR) is 124 cm³/mol. The van der Waals surface area contributed by atoms with E-state index in [4.69, 9.17) is 20.4 Å². The first-order valence-electron chi connectivity index (χ1n) is 10.2. The number of halogens is 1. The van der Waals surface area contributed by atoms with Crippen LogP contribution in [0.2, 0.25) is 0 Å². The lowest BCUT2D eigenvalue weighted by molar-refractivity contribution is 0.0989. The van der Waals surface area contributed by atoms with E-state index in [1.54, 1.807) is 0 Å². The lowest BCUT2D eigenvalue weighted by atomic mass is 10.0. The van der Waals surface area contributed by atoms with Gasteiger partial charge in [0.15, 0.2) is 5.65 Å². The number of ether oxygens (including phenoxy) is 1. The highest BCUT2D eigenvalue weighted by Crippen LogP contribution is 2.36. The molecule has 2 fully saturated rings. The first-order valence-corrected chi connectivity index (χ1v) is 11.0. The number of benzene rings is 1. The summed E-state index contributed by atoms with van der Waals surface area (Å²) in [7, 11) is 0. The summed E-state index contributed by atoms with van der Waals surface area (Å²) in [6, 6.07) is 14.7. The van der Waals surface area contributed by atoms with Crippen molar-refractivity contribution in [1.82, 2.24) is 19.9 Å². The third-order valence-corrected chi connectivity index (χ3v) is 6.50. The number of fused-ring (bicyclic) bond motifs is 3. The molecule has 2 aliphatic rings. The lowest BCUT2D eigenvalue weighted by Crippen LogP contribution is -2.37. The standard InChI is InChI=1S/C23H19BrN6O/c24-15-3-1-2-13(6-15)18-8-19(29-23-21(18)22(25)27-12-28-23)14-4-5-20(26-9-14)30-10-17-7-16(30)11-31-17/h1-6,8-9,12,16-17H,7,10-11H2,(H2,25,27,28,29). The molecule has 0 spiro atoms. The van der Waals surface area contributed by atoms with Gasteiger partial charge >= 0.3 is 0 Å². The van der Waals surface area contributed by atoms with Gasteiger partial charge < -0.3 is 15.4 Å². The molecule has 2 unspecified atom stereocenters. The number of anilines is 2. The molecule has 2 bridgehead atoms. The minimum atomic E-state index is 0.339. The molecule has 0 saturated carbocycles. The Morgan fingerprint density at radius 2 is 2.00 bits per heavy atom. The van der Waals surface area contributed by atoms with Crippen molar-refractivity contribution >= 4 is 38.6 Å². The average Bonchev–Trinajstić information content (AvgIpc) is 3.43. The minimum Gasteiger partial charge on any atom is -0.383 e. The van der Waals surface area contributed by atoms with Gasteiger partial charge in [-0.3, -0.25) is 0 Å². The zero-order valence-corrected chi connectivity index (χ0v) is 18.2. The van der Waals surface area contributed by atoms with Gasteiger partial charge in [-0.05, 0) is 47.9 Å². The van der Waals surface area contributed by atoms with Crippen LogP contribution >= 0.6 is 15.9 Å². The van der Waals surface area contributed by atoms with E-state index < -0.39 is 0 Å². The van der Waals surface area contributed by atoms with Crippen molar-refractivity contribution in [3.05, 3.63) is 59.5 Å². The van der Waals surface area contributed by atoms with Crippen LogP contribution in [-0.4, -0.2) is 45.2 Å². The molecule has 7 nitrogen and oxygen atoms in total. The molecule has 2 atom stereocenters. The molecule has 0 amide bonds. The Morgan fingerprint density at radius 1 is 1.06 bits per heavy atom. The van der Waals surface area contributed by atoms with Crippen molar-refractivity contribution in [1.29, 1.82) is 0 Å². The van der Waals surface area contributed by atoms with Crippen molar-refractivity contribution in [2.75, 3.05) is 23.8 Å². The fourth-order valence-electron chi connectivity index (χ4n) is 4.51. The van der Waals surface area contributed by atoms with Crippen LogP contribution < -0.4 is 10.6 Å². The number of hydrogen-bond donors (Lipinski definition) is 1. The maximum atomic E-state index is 6.21. The quantitative estimate of drug-likeness (QED) is 0.478. The Balaban J connectivity index is 1.44. The molecular formula is C23H19BrN6O. The van der Waals surface area contributed by atoms with Gasteiger partial charge in [-0.2, -0.15) is 0 Å². The van der Waals surface area contributed by atoms with Gasteiger partial charge in [0.2, 0.25) is 0 Å². The van der Waals surface area contributed by atoms with Gasteiger partial charge in [0, 0.05) is 22.8 Å². The van der Waals surface area contributed by atoms with Gasteiger partial charge in [-0.15, -0.1) is 0 Å². The second-order valence-corrected chi connectivity index (χ2v) is 8.84. The lowest BCUT2D eigenvalue weighted by Gasteiger charge is -2.27.